The topological polar surface area (TPSA) is 109 Å². The summed E-state index contributed by atoms with van der Waals surface area (Å²) in [5.74, 6) is 1.45. The zero-order valence-corrected chi connectivity index (χ0v) is 20.1. The maximum Gasteiger partial charge on any atom is 0.327 e. The van der Waals surface area contributed by atoms with Gasteiger partial charge in [0.1, 0.15) is 5.75 Å². The lowest BCUT2D eigenvalue weighted by atomic mass is 10.1. The van der Waals surface area contributed by atoms with Crippen LogP contribution in [-0.2, 0) is 4.74 Å². The number of hydrogen-bond donors (Lipinski definition) is 1. The Hall–Kier alpha value is -4.05. The van der Waals surface area contributed by atoms with E-state index in [-0.39, 0.29) is 24.0 Å². The SMILES string of the molecule is CC1COCC(C)N1c1nc(Oc2ccc(C(=O)N(C)C)cc2)nc(-c2cccc3[nH]ncc23)n1. The highest BCUT2D eigenvalue weighted by molar-refractivity contribution is 5.94. The second kappa shape index (κ2) is 9.30. The fraction of sp³-hybridized carbons (Fsp3) is 0.320. The van der Waals surface area contributed by atoms with Crippen molar-refractivity contribution in [3.8, 4) is 23.1 Å². The molecule has 2 unspecified atom stereocenters. The van der Waals surface area contributed by atoms with Gasteiger partial charge in [-0.05, 0) is 44.2 Å². The maximum atomic E-state index is 12.2. The van der Waals surface area contributed by atoms with Gasteiger partial charge in [-0.1, -0.05) is 12.1 Å². The number of rotatable bonds is 5. The average Bonchev–Trinajstić information content (AvgIpc) is 3.33. The summed E-state index contributed by atoms with van der Waals surface area (Å²) < 4.78 is 11.8. The molecule has 10 heteroatoms. The third-order valence-corrected chi connectivity index (χ3v) is 5.94. The molecule has 1 N–H and O–H groups in total. The summed E-state index contributed by atoms with van der Waals surface area (Å²) in [7, 11) is 3.43. The zero-order valence-electron chi connectivity index (χ0n) is 20.1. The molecule has 3 heterocycles. The van der Waals surface area contributed by atoms with Gasteiger partial charge in [-0.15, -0.1) is 0 Å². The number of aromatic nitrogens is 5. The first-order valence-corrected chi connectivity index (χ1v) is 11.4. The Bertz CT molecular complexity index is 1340. The zero-order chi connectivity index (χ0) is 24.5. The van der Waals surface area contributed by atoms with Gasteiger partial charge in [-0.3, -0.25) is 9.89 Å². The van der Waals surface area contributed by atoms with Gasteiger partial charge in [0, 0.05) is 30.6 Å². The molecule has 10 nitrogen and oxygen atoms in total. The van der Waals surface area contributed by atoms with Gasteiger partial charge in [0.2, 0.25) is 5.95 Å². The first kappa shape index (κ1) is 22.7. The molecule has 1 aliphatic rings. The van der Waals surface area contributed by atoms with Crippen molar-refractivity contribution in [3.63, 3.8) is 0 Å². The van der Waals surface area contributed by atoms with Gasteiger partial charge in [-0.25, -0.2) is 0 Å². The Morgan fingerprint density at radius 1 is 1.06 bits per heavy atom. The van der Waals surface area contributed by atoms with Gasteiger partial charge in [0.25, 0.3) is 5.91 Å². The van der Waals surface area contributed by atoms with E-state index < -0.39 is 0 Å². The number of fused-ring (bicyclic) bond motifs is 1. The molecule has 2 aromatic heterocycles. The highest BCUT2D eigenvalue weighted by Gasteiger charge is 2.29. The second-order valence-corrected chi connectivity index (χ2v) is 8.85. The quantitative estimate of drug-likeness (QED) is 0.469. The van der Waals surface area contributed by atoms with Crippen LogP contribution < -0.4 is 9.64 Å². The van der Waals surface area contributed by atoms with Gasteiger partial charge in [0.15, 0.2) is 5.82 Å². The van der Waals surface area contributed by atoms with Gasteiger partial charge in [-0.2, -0.15) is 20.1 Å². The Kier molecular flexibility index (Phi) is 6.04. The molecular formula is C25H27N7O3. The van der Waals surface area contributed by atoms with Crippen molar-refractivity contribution in [2.45, 2.75) is 25.9 Å². The maximum absolute atomic E-state index is 12.2. The van der Waals surface area contributed by atoms with Gasteiger partial charge >= 0.3 is 6.01 Å². The van der Waals surface area contributed by atoms with Crippen molar-refractivity contribution in [3.05, 3.63) is 54.2 Å². The number of carbonyl (C=O) groups excluding carboxylic acids is 1. The van der Waals surface area contributed by atoms with E-state index in [9.17, 15) is 4.79 Å². The van der Waals surface area contributed by atoms with Crippen LogP contribution in [0.5, 0.6) is 11.8 Å². The van der Waals surface area contributed by atoms with E-state index in [1.165, 1.54) is 4.90 Å². The van der Waals surface area contributed by atoms with Gasteiger partial charge < -0.3 is 19.3 Å². The molecule has 4 aromatic rings. The molecule has 0 radical (unpaired) electrons. The largest absolute Gasteiger partial charge is 0.424 e. The fourth-order valence-corrected chi connectivity index (χ4v) is 4.22. The normalized spacial score (nSPS) is 18.0. The van der Waals surface area contributed by atoms with Crippen LogP contribution in [-0.4, -0.2) is 75.3 Å². The van der Waals surface area contributed by atoms with E-state index in [0.717, 1.165) is 16.5 Å². The van der Waals surface area contributed by atoms with Crippen LogP contribution in [0.1, 0.15) is 24.2 Å². The third-order valence-electron chi connectivity index (χ3n) is 5.94. The molecule has 0 saturated carbocycles. The lowest BCUT2D eigenvalue weighted by Crippen LogP contribution is -2.50. The van der Waals surface area contributed by atoms with E-state index in [1.807, 2.05) is 18.2 Å². The molecule has 35 heavy (non-hydrogen) atoms. The minimum absolute atomic E-state index is 0.0789. The van der Waals surface area contributed by atoms with Crippen LogP contribution in [0.4, 0.5) is 5.95 Å². The molecular weight excluding hydrogens is 446 g/mol. The lowest BCUT2D eigenvalue weighted by molar-refractivity contribution is 0.0746. The summed E-state index contributed by atoms with van der Waals surface area (Å²) in [5.41, 5.74) is 2.29. The van der Waals surface area contributed by atoms with Crippen LogP contribution in [0.25, 0.3) is 22.3 Å². The lowest BCUT2D eigenvalue weighted by Gasteiger charge is -2.38. The molecule has 0 bridgehead atoms. The van der Waals surface area contributed by atoms with E-state index in [0.29, 0.717) is 36.3 Å². The van der Waals surface area contributed by atoms with Crippen molar-refractivity contribution in [2.75, 3.05) is 32.2 Å². The number of anilines is 1. The molecule has 180 valence electrons. The van der Waals surface area contributed by atoms with E-state index >= 15 is 0 Å². The summed E-state index contributed by atoms with van der Waals surface area (Å²) in [6.45, 7) is 5.33. The standard InChI is InChI=1S/C25H27N7O3/c1-15-13-34-14-16(2)32(15)24-27-22(19-6-5-7-21-20(19)12-26-30-21)28-25(29-24)35-18-10-8-17(9-11-18)23(33)31(3)4/h5-12,15-16H,13-14H2,1-4H3,(H,26,30). The second-order valence-electron chi connectivity index (χ2n) is 8.85. The predicted molar refractivity (Wildman–Crippen MR) is 132 cm³/mol. The minimum Gasteiger partial charge on any atom is -0.424 e. The number of carbonyl (C=O) groups is 1. The van der Waals surface area contributed by atoms with Crippen molar-refractivity contribution >= 4 is 22.8 Å². The van der Waals surface area contributed by atoms with E-state index in [4.69, 9.17) is 14.5 Å². The van der Waals surface area contributed by atoms with Crippen molar-refractivity contribution in [1.82, 2.24) is 30.0 Å². The van der Waals surface area contributed by atoms with Crippen LogP contribution in [0.2, 0.25) is 0 Å². The number of nitrogens with zero attached hydrogens (tertiary/aromatic N) is 6. The molecule has 5 rings (SSSR count). The molecule has 1 saturated heterocycles. The number of benzene rings is 2. The molecule has 1 amide bonds. The summed E-state index contributed by atoms with van der Waals surface area (Å²) in [5, 5.41) is 8.06. The van der Waals surface area contributed by atoms with E-state index in [2.05, 4.69) is 38.9 Å². The van der Waals surface area contributed by atoms with Crippen molar-refractivity contribution in [1.29, 1.82) is 0 Å². The van der Waals surface area contributed by atoms with Crippen molar-refractivity contribution < 1.29 is 14.3 Å². The Labute approximate surface area is 202 Å². The number of ether oxygens (including phenoxy) is 2. The molecule has 0 aliphatic carbocycles. The predicted octanol–water partition coefficient (Wildman–Crippen LogP) is 3.52. The Balaban J connectivity index is 1.56. The number of amides is 1. The summed E-state index contributed by atoms with van der Waals surface area (Å²) in [6.07, 6.45) is 1.76. The fourth-order valence-electron chi connectivity index (χ4n) is 4.22. The minimum atomic E-state index is -0.0789. The molecule has 1 aliphatic heterocycles. The summed E-state index contributed by atoms with van der Waals surface area (Å²) in [4.78, 5) is 30.0. The first-order valence-electron chi connectivity index (χ1n) is 11.4. The van der Waals surface area contributed by atoms with Crippen LogP contribution >= 0.6 is 0 Å². The number of aromatic amines is 1. The van der Waals surface area contributed by atoms with Crippen LogP contribution in [0.15, 0.2) is 48.7 Å². The smallest absolute Gasteiger partial charge is 0.327 e. The monoisotopic (exact) mass is 473 g/mol. The summed E-state index contributed by atoms with van der Waals surface area (Å²) >= 11 is 0. The highest BCUT2D eigenvalue weighted by Crippen LogP contribution is 2.30. The molecule has 2 aromatic carbocycles. The number of H-pyrrole nitrogens is 1. The molecule has 1 fully saturated rings. The van der Waals surface area contributed by atoms with Crippen LogP contribution in [0, 0.1) is 0 Å². The average molecular weight is 474 g/mol. The first-order chi connectivity index (χ1) is 16.9. The third kappa shape index (κ3) is 4.52. The van der Waals surface area contributed by atoms with Gasteiger partial charge in [0.05, 0.1) is 37.0 Å². The molecule has 0 spiro atoms. The number of morpholine rings is 1. The summed E-state index contributed by atoms with van der Waals surface area (Å²) in [6, 6.07) is 13.1. The number of nitrogens with one attached hydrogen (secondary N) is 1. The van der Waals surface area contributed by atoms with Crippen molar-refractivity contribution in [2.24, 2.45) is 0 Å². The highest BCUT2D eigenvalue weighted by atomic mass is 16.5. The Morgan fingerprint density at radius 2 is 1.80 bits per heavy atom. The molecule has 2 atom stereocenters. The number of hydrogen-bond acceptors (Lipinski definition) is 8. The van der Waals surface area contributed by atoms with E-state index in [1.54, 1.807) is 44.6 Å². The Morgan fingerprint density at radius 3 is 2.51 bits per heavy atom. The van der Waals surface area contributed by atoms with Crippen LogP contribution in [0.3, 0.4) is 0 Å².